The molecular weight excluding hydrogens is 374 g/mol. The molecule has 0 amide bonds. The zero-order valence-corrected chi connectivity index (χ0v) is 15.3. The van der Waals surface area contributed by atoms with Gasteiger partial charge in [-0.2, -0.15) is 0 Å². The van der Waals surface area contributed by atoms with Crippen LogP contribution in [0.5, 0.6) is 0 Å². The van der Waals surface area contributed by atoms with Crippen LogP contribution in [0.15, 0.2) is 59.7 Å². The average Bonchev–Trinajstić information content (AvgIpc) is 3.23. The number of benzene rings is 2. The molecule has 0 bridgehead atoms. The Bertz CT molecular complexity index is 983. The van der Waals surface area contributed by atoms with Crippen LogP contribution < -0.4 is 5.32 Å². The predicted molar refractivity (Wildman–Crippen MR) is 107 cm³/mol. The molecule has 8 nitrogen and oxygen atoms in total. The summed E-state index contributed by atoms with van der Waals surface area (Å²) in [6.07, 6.45) is 4.37. The number of hydrogen-bond donors (Lipinski definition) is 1. The summed E-state index contributed by atoms with van der Waals surface area (Å²) < 4.78 is 0. The summed E-state index contributed by atoms with van der Waals surface area (Å²) >= 11 is 0. The van der Waals surface area contributed by atoms with Crippen LogP contribution in [0.25, 0.3) is 12.2 Å². The molecule has 2 aromatic carbocycles. The number of Topliss-reactive ketones (excluding diaryl/α,β-unsaturated/α-hetero) is 1. The van der Waals surface area contributed by atoms with E-state index in [1.54, 1.807) is 36.4 Å². The summed E-state index contributed by atoms with van der Waals surface area (Å²) in [6, 6.07) is 12.2. The summed E-state index contributed by atoms with van der Waals surface area (Å²) in [5.41, 5.74) is 2.44. The van der Waals surface area contributed by atoms with Crippen LogP contribution in [0.4, 0.5) is 11.4 Å². The SMILES string of the molecule is O=C1/C(=C/c2ccc([N+](=O)[O-])cc2)C2(CCNC2)/C1=C\c1ccc([N+](=O)[O-])cc1. The van der Waals surface area contributed by atoms with E-state index < -0.39 is 15.3 Å². The van der Waals surface area contributed by atoms with Gasteiger partial charge in [0.15, 0.2) is 5.78 Å². The lowest BCUT2D eigenvalue weighted by molar-refractivity contribution is -0.385. The third-order valence-corrected chi connectivity index (χ3v) is 5.51. The van der Waals surface area contributed by atoms with Crippen molar-refractivity contribution in [2.45, 2.75) is 6.42 Å². The third kappa shape index (κ3) is 3.23. The number of carbonyl (C=O) groups excluding carboxylic acids is 1. The molecule has 1 aliphatic carbocycles. The Morgan fingerprint density at radius 1 is 0.828 bits per heavy atom. The van der Waals surface area contributed by atoms with Gasteiger partial charge in [0.2, 0.25) is 0 Å². The van der Waals surface area contributed by atoms with Crippen molar-refractivity contribution in [3.8, 4) is 0 Å². The smallest absolute Gasteiger partial charge is 0.269 e. The van der Waals surface area contributed by atoms with Crippen LogP contribution in [0.3, 0.4) is 0 Å². The van der Waals surface area contributed by atoms with Crippen molar-refractivity contribution in [1.82, 2.24) is 5.32 Å². The van der Waals surface area contributed by atoms with E-state index in [4.69, 9.17) is 0 Å². The summed E-state index contributed by atoms with van der Waals surface area (Å²) in [5.74, 6) is -0.0644. The van der Waals surface area contributed by atoms with Crippen molar-refractivity contribution in [3.63, 3.8) is 0 Å². The molecule has 1 saturated heterocycles. The average molecular weight is 391 g/mol. The van der Waals surface area contributed by atoms with Gasteiger partial charge >= 0.3 is 0 Å². The first-order valence-corrected chi connectivity index (χ1v) is 9.09. The quantitative estimate of drug-likeness (QED) is 0.484. The molecule has 1 heterocycles. The van der Waals surface area contributed by atoms with Gasteiger partial charge in [0, 0.05) is 47.4 Å². The minimum atomic E-state index is -0.459. The normalized spacial score (nSPS) is 23.5. The summed E-state index contributed by atoms with van der Waals surface area (Å²) in [7, 11) is 0. The second-order valence-electron chi connectivity index (χ2n) is 7.15. The number of non-ortho nitro benzene ring substituents is 2. The molecule has 1 spiro atoms. The maximum Gasteiger partial charge on any atom is 0.269 e. The van der Waals surface area contributed by atoms with Crippen LogP contribution in [0, 0.1) is 25.6 Å². The van der Waals surface area contributed by atoms with Gasteiger partial charge in [0.1, 0.15) is 0 Å². The van der Waals surface area contributed by atoms with Crippen molar-refractivity contribution >= 4 is 29.3 Å². The fourth-order valence-corrected chi connectivity index (χ4v) is 3.94. The molecule has 146 valence electrons. The van der Waals surface area contributed by atoms with Crippen LogP contribution in [-0.4, -0.2) is 28.7 Å². The minimum absolute atomic E-state index is 0.00286. The van der Waals surface area contributed by atoms with E-state index in [9.17, 15) is 25.0 Å². The van der Waals surface area contributed by atoms with Gasteiger partial charge in [-0.05, 0) is 60.5 Å². The molecule has 1 aliphatic heterocycles. The Morgan fingerprint density at radius 3 is 1.62 bits per heavy atom. The first-order valence-electron chi connectivity index (χ1n) is 9.09. The zero-order valence-electron chi connectivity index (χ0n) is 15.3. The monoisotopic (exact) mass is 391 g/mol. The van der Waals surface area contributed by atoms with Crippen molar-refractivity contribution in [1.29, 1.82) is 0 Å². The molecule has 8 heteroatoms. The molecule has 0 aromatic heterocycles. The Kier molecular flexibility index (Phi) is 4.56. The number of nitro benzene ring substituents is 2. The van der Waals surface area contributed by atoms with Gasteiger partial charge in [-0.25, -0.2) is 0 Å². The third-order valence-electron chi connectivity index (χ3n) is 5.51. The van der Waals surface area contributed by atoms with E-state index in [1.807, 2.05) is 0 Å². The van der Waals surface area contributed by atoms with Gasteiger partial charge in [0.25, 0.3) is 11.4 Å². The molecule has 29 heavy (non-hydrogen) atoms. The highest BCUT2D eigenvalue weighted by Crippen LogP contribution is 2.53. The van der Waals surface area contributed by atoms with E-state index in [2.05, 4.69) is 5.32 Å². The Labute approximate surface area is 165 Å². The molecule has 4 rings (SSSR count). The number of ketones is 1. The second kappa shape index (κ2) is 7.06. The van der Waals surface area contributed by atoms with E-state index in [0.29, 0.717) is 17.7 Å². The molecule has 2 fully saturated rings. The summed E-state index contributed by atoms with van der Waals surface area (Å²) in [4.78, 5) is 33.6. The highest BCUT2D eigenvalue weighted by molar-refractivity contribution is 6.24. The predicted octanol–water partition coefficient (Wildman–Crippen LogP) is 3.53. The van der Waals surface area contributed by atoms with Crippen LogP contribution in [-0.2, 0) is 4.79 Å². The zero-order chi connectivity index (χ0) is 20.6. The lowest BCUT2D eigenvalue weighted by atomic mass is 9.58. The number of nitro groups is 2. The number of nitrogens with zero attached hydrogens (tertiary/aromatic N) is 2. The fraction of sp³-hybridized carbons (Fsp3) is 0.190. The first-order chi connectivity index (χ1) is 13.9. The van der Waals surface area contributed by atoms with Crippen molar-refractivity contribution in [3.05, 3.63) is 91.0 Å². The van der Waals surface area contributed by atoms with Crippen LogP contribution in [0.1, 0.15) is 17.5 Å². The molecular formula is C21H17N3O5. The molecule has 2 aromatic rings. The minimum Gasteiger partial charge on any atom is -0.315 e. The molecule has 1 N–H and O–H groups in total. The molecule has 0 atom stereocenters. The lowest BCUT2D eigenvalue weighted by Gasteiger charge is -2.42. The molecule has 0 radical (unpaired) electrons. The van der Waals surface area contributed by atoms with Crippen molar-refractivity contribution in [2.75, 3.05) is 13.1 Å². The molecule has 2 aliphatic rings. The number of hydrogen-bond acceptors (Lipinski definition) is 6. The van der Waals surface area contributed by atoms with Gasteiger partial charge in [0.05, 0.1) is 9.85 Å². The standard InChI is InChI=1S/C21H17N3O5/c25-20-18(11-14-1-5-16(6-2-14)23(26)27)21(9-10-22-13-21)19(20)12-15-3-7-17(8-4-15)24(28)29/h1-8,11-12,22H,9-10,13H2/b18-11-,19-12-. The maximum absolute atomic E-state index is 12.9. The summed E-state index contributed by atoms with van der Waals surface area (Å²) in [6.45, 7) is 1.42. The maximum atomic E-state index is 12.9. The number of rotatable bonds is 4. The molecule has 1 saturated carbocycles. The van der Waals surface area contributed by atoms with Gasteiger partial charge in [-0.3, -0.25) is 25.0 Å². The highest BCUT2D eigenvalue weighted by Gasteiger charge is 2.54. The van der Waals surface area contributed by atoms with Crippen molar-refractivity contribution in [2.24, 2.45) is 5.41 Å². The summed E-state index contributed by atoms with van der Waals surface area (Å²) in [5, 5.41) is 24.9. The van der Waals surface area contributed by atoms with Crippen LogP contribution >= 0.6 is 0 Å². The topological polar surface area (TPSA) is 115 Å². The Morgan fingerprint density at radius 2 is 1.28 bits per heavy atom. The molecule has 0 unspecified atom stereocenters. The van der Waals surface area contributed by atoms with Gasteiger partial charge in [-0.15, -0.1) is 0 Å². The largest absolute Gasteiger partial charge is 0.315 e. The van der Waals surface area contributed by atoms with Gasteiger partial charge in [-0.1, -0.05) is 0 Å². The van der Waals surface area contributed by atoms with E-state index in [1.165, 1.54) is 24.3 Å². The second-order valence-corrected chi connectivity index (χ2v) is 7.15. The van der Waals surface area contributed by atoms with Gasteiger partial charge < -0.3 is 5.32 Å². The number of nitrogens with one attached hydrogen (secondary N) is 1. The van der Waals surface area contributed by atoms with E-state index in [-0.39, 0.29) is 17.2 Å². The Hall–Kier alpha value is -3.65. The van der Waals surface area contributed by atoms with Crippen molar-refractivity contribution < 1.29 is 14.6 Å². The highest BCUT2D eigenvalue weighted by atomic mass is 16.6. The number of carbonyl (C=O) groups is 1. The fourth-order valence-electron chi connectivity index (χ4n) is 3.94. The van der Waals surface area contributed by atoms with E-state index in [0.717, 1.165) is 24.1 Å². The lowest BCUT2D eigenvalue weighted by Crippen LogP contribution is -2.45. The van der Waals surface area contributed by atoms with E-state index >= 15 is 0 Å². The van der Waals surface area contributed by atoms with Crippen LogP contribution in [0.2, 0.25) is 0 Å². The first kappa shape index (κ1) is 18.7. The Balaban J connectivity index is 1.67.